The first-order valence-corrected chi connectivity index (χ1v) is 22.9. The molecule has 0 unspecified atom stereocenters. The zero-order chi connectivity index (χ0) is 28.8. The highest BCUT2D eigenvalue weighted by Gasteiger charge is 2.38. The standard InChI is InChI=1S/C29H40N6OS2Si2/c1-8-35(9-2)25-18-16-24(17-19-25)32-34-29-30-28-26(37-29)21-27(38-28)33-31-23-14-12-22(13-15-23)11-10-20-36-40(6,7)39(3,4)5/h12-19,21H,8-11,20H2,1-7H3. The summed E-state index contributed by atoms with van der Waals surface area (Å²) < 4.78 is 7.40. The Morgan fingerprint density at radius 2 is 1.43 bits per heavy atom. The van der Waals surface area contributed by atoms with Crippen molar-refractivity contribution in [3.05, 3.63) is 60.2 Å². The van der Waals surface area contributed by atoms with E-state index in [1.807, 2.05) is 30.3 Å². The van der Waals surface area contributed by atoms with Gasteiger partial charge in [0, 0.05) is 25.4 Å². The molecular formula is C29H40N6OS2Si2. The van der Waals surface area contributed by atoms with Crippen molar-refractivity contribution < 1.29 is 4.43 Å². The normalized spacial score (nSPS) is 12.8. The molecule has 4 rings (SSSR count). The Bertz CT molecular complexity index is 1400. The average Bonchev–Trinajstić information content (AvgIpc) is 3.49. The molecule has 0 saturated heterocycles. The average molecular weight is 609 g/mol. The van der Waals surface area contributed by atoms with Gasteiger partial charge < -0.3 is 9.33 Å². The molecule has 0 saturated carbocycles. The molecule has 2 aromatic carbocycles. The van der Waals surface area contributed by atoms with Crippen molar-refractivity contribution in [2.45, 2.75) is 59.4 Å². The molecule has 40 heavy (non-hydrogen) atoms. The Morgan fingerprint density at radius 1 is 0.800 bits per heavy atom. The van der Waals surface area contributed by atoms with Crippen molar-refractivity contribution in [1.29, 1.82) is 0 Å². The van der Waals surface area contributed by atoms with Crippen LogP contribution in [0.2, 0.25) is 32.7 Å². The summed E-state index contributed by atoms with van der Waals surface area (Å²) in [7, 11) is -2.74. The number of rotatable bonds is 13. The minimum atomic E-state index is -1.53. The lowest BCUT2D eigenvalue weighted by atomic mass is 10.1. The second kappa shape index (κ2) is 13.4. The number of hydrogen-bond donors (Lipinski definition) is 0. The van der Waals surface area contributed by atoms with E-state index in [0.717, 1.165) is 58.4 Å². The molecule has 0 spiro atoms. The first-order chi connectivity index (χ1) is 19.1. The zero-order valence-electron chi connectivity index (χ0n) is 24.6. The molecule has 4 aromatic rings. The van der Waals surface area contributed by atoms with Gasteiger partial charge in [0.05, 0.1) is 23.7 Å². The number of thiophene rings is 1. The molecule has 212 valence electrons. The molecule has 2 aromatic heterocycles. The van der Waals surface area contributed by atoms with E-state index < -0.39 is 15.4 Å². The lowest BCUT2D eigenvalue weighted by Gasteiger charge is -2.34. The number of benzene rings is 2. The van der Waals surface area contributed by atoms with E-state index in [1.165, 1.54) is 33.9 Å². The molecule has 0 bridgehead atoms. The lowest BCUT2D eigenvalue weighted by Crippen LogP contribution is -2.54. The van der Waals surface area contributed by atoms with Gasteiger partial charge in [-0.3, -0.25) is 0 Å². The molecule has 7 nitrogen and oxygen atoms in total. The van der Waals surface area contributed by atoms with Crippen LogP contribution in [0, 0.1) is 0 Å². The third-order valence-corrected chi connectivity index (χ3v) is 25.1. The van der Waals surface area contributed by atoms with Crippen LogP contribution in [-0.4, -0.2) is 40.1 Å². The molecule has 0 fully saturated rings. The summed E-state index contributed by atoms with van der Waals surface area (Å²) in [5, 5.41) is 19.1. The Balaban J connectivity index is 1.29. The van der Waals surface area contributed by atoms with Crippen molar-refractivity contribution in [3.63, 3.8) is 0 Å². The predicted molar refractivity (Wildman–Crippen MR) is 177 cm³/mol. The van der Waals surface area contributed by atoms with Gasteiger partial charge >= 0.3 is 0 Å². The lowest BCUT2D eigenvalue weighted by molar-refractivity contribution is 0.311. The maximum absolute atomic E-state index is 6.36. The molecule has 0 aliphatic carbocycles. The number of fused-ring (bicyclic) bond motifs is 1. The van der Waals surface area contributed by atoms with Gasteiger partial charge in [-0.1, -0.05) is 54.4 Å². The summed E-state index contributed by atoms with van der Waals surface area (Å²) in [6.45, 7) is 19.1. The fourth-order valence-corrected chi connectivity index (χ4v) is 8.42. The van der Waals surface area contributed by atoms with Crippen LogP contribution in [0.25, 0.3) is 9.53 Å². The summed E-state index contributed by atoms with van der Waals surface area (Å²) in [5.74, 6) is 0. The minimum Gasteiger partial charge on any atom is -0.420 e. The van der Waals surface area contributed by atoms with Gasteiger partial charge in [-0.2, -0.15) is 0 Å². The molecular weight excluding hydrogens is 569 g/mol. The predicted octanol–water partition coefficient (Wildman–Crippen LogP) is 10.6. The van der Waals surface area contributed by atoms with Crippen molar-refractivity contribution in [2.75, 3.05) is 24.6 Å². The number of nitrogens with zero attached hydrogens (tertiary/aromatic N) is 6. The van der Waals surface area contributed by atoms with Crippen molar-refractivity contribution in [3.8, 4) is 0 Å². The first-order valence-electron chi connectivity index (χ1n) is 13.9. The zero-order valence-corrected chi connectivity index (χ0v) is 28.3. The fourth-order valence-electron chi connectivity index (χ4n) is 3.88. The monoisotopic (exact) mass is 608 g/mol. The van der Waals surface area contributed by atoms with E-state index in [9.17, 15) is 0 Å². The highest BCUT2D eigenvalue weighted by molar-refractivity contribution is 7.37. The van der Waals surface area contributed by atoms with Crippen LogP contribution >= 0.6 is 22.7 Å². The Kier molecular flexibility index (Phi) is 10.2. The van der Waals surface area contributed by atoms with E-state index in [-0.39, 0.29) is 0 Å². The van der Waals surface area contributed by atoms with Gasteiger partial charge in [0.2, 0.25) is 5.13 Å². The van der Waals surface area contributed by atoms with Gasteiger partial charge in [-0.15, -0.1) is 20.5 Å². The van der Waals surface area contributed by atoms with Crippen LogP contribution in [-0.2, 0) is 10.8 Å². The third kappa shape index (κ3) is 8.00. The highest BCUT2D eigenvalue weighted by Crippen LogP contribution is 2.39. The molecule has 0 N–H and O–H groups in total. The van der Waals surface area contributed by atoms with Crippen LogP contribution in [0.1, 0.15) is 25.8 Å². The molecule has 0 atom stereocenters. The Morgan fingerprint density at radius 3 is 2.02 bits per heavy atom. The second-order valence-corrected chi connectivity index (χ2v) is 29.2. The molecule has 0 radical (unpaired) electrons. The van der Waals surface area contributed by atoms with Crippen molar-refractivity contribution >= 4 is 74.8 Å². The van der Waals surface area contributed by atoms with Gasteiger partial charge in [-0.25, -0.2) is 4.98 Å². The molecule has 11 heteroatoms. The summed E-state index contributed by atoms with van der Waals surface area (Å²) in [6.07, 6.45) is 2.06. The molecule has 0 aliphatic rings. The van der Waals surface area contributed by atoms with Gasteiger partial charge in [0.15, 0.2) is 7.83 Å². The number of hydrogen-bond acceptors (Lipinski definition) is 9. The maximum atomic E-state index is 6.36. The number of aromatic nitrogens is 1. The Labute approximate surface area is 248 Å². The SMILES string of the molecule is CCN(CC)c1ccc(N=Nc2nc3sc(N=Nc4ccc(CCCO[Si](C)(C)[Si](C)(C)C)cc4)cc3s2)cc1. The molecule has 0 aliphatic heterocycles. The summed E-state index contributed by atoms with van der Waals surface area (Å²) >= 11 is 3.02. The largest absolute Gasteiger partial charge is 0.420 e. The topological polar surface area (TPSA) is 74.8 Å². The number of thiazole rings is 1. The van der Waals surface area contributed by atoms with Crippen LogP contribution in [0.4, 0.5) is 27.2 Å². The van der Waals surface area contributed by atoms with Crippen LogP contribution in [0.3, 0.4) is 0 Å². The van der Waals surface area contributed by atoms with Crippen LogP contribution in [0.15, 0.2) is 75.1 Å². The molecule has 2 heterocycles. The van der Waals surface area contributed by atoms with E-state index in [2.05, 4.69) is 101 Å². The number of anilines is 1. The first kappa shape index (κ1) is 30.4. The smallest absolute Gasteiger partial charge is 0.231 e. The fraction of sp³-hybridized carbons (Fsp3) is 0.414. The maximum Gasteiger partial charge on any atom is 0.231 e. The third-order valence-electron chi connectivity index (χ3n) is 7.37. The van der Waals surface area contributed by atoms with Gasteiger partial charge in [-0.05, 0) is 87.8 Å². The van der Waals surface area contributed by atoms with E-state index >= 15 is 0 Å². The summed E-state index contributed by atoms with van der Waals surface area (Å²) in [6, 6.07) is 18.5. The van der Waals surface area contributed by atoms with Gasteiger partial charge in [0.1, 0.15) is 9.83 Å². The highest BCUT2D eigenvalue weighted by atomic mass is 32.1. The number of aryl methyl sites for hydroxylation is 1. The van der Waals surface area contributed by atoms with E-state index in [4.69, 9.17) is 4.43 Å². The minimum absolute atomic E-state index is 0.643. The van der Waals surface area contributed by atoms with Crippen molar-refractivity contribution in [1.82, 2.24) is 4.98 Å². The Hall–Kier alpha value is -2.58. The summed E-state index contributed by atoms with van der Waals surface area (Å²) in [4.78, 5) is 7.82. The quantitative estimate of drug-likeness (QED) is 0.0860. The number of azo groups is 2. The van der Waals surface area contributed by atoms with Crippen molar-refractivity contribution in [2.24, 2.45) is 20.5 Å². The van der Waals surface area contributed by atoms with E-state index in [0.29, 0.717) is 5.13 Å². The summed E-state index contributed by atoms with van der Waals surface area (Å²) in [5.41, 5.74) is 4.16. The molecule has 0 amide bonds. The second-order valence-electron chi connectivity index (χ2n) is 11.2. The van der Waals surface area contributed by atoms with Crippen LogP contribution in [0.5, 0.6) is 0 Å². The van der Waals surface area contributed by atoms with E-state index in [1.54, 1.807) is 0 Å². The van der Waals surface area contributed by atoms with Crippen LogP contribution < -0.4 is 4.90 Å². The van der Waals surface area contributed by atoms with Gasteiger partial charge in [0.25, 0.3) is 0 Å².